The van der Waals surface area contributed by atoms with Gasteiger partial charge < -0.3 is 15.5 Å². The highest BCUT2D eigenvalue weighted by Gasteiger charge is 2.31. The lowest BCUT2D eigenvalue weighted by molar-refractivity contribution is 0.120. The zero-order chi connectivity index (χ0) is 10.1. The Balaban J connectivity index is 2.66. The predicted octanol–water partition coefficient (Wildman–Crippen LogP) is 0.398. The third-order valence-corrected chi connectivity index (χ3v) is 2.37. The molecule has 0 bridgehead atoms. The Hall–Kier alpha value is -0.770. The largest absolute Gasteiger partial charge is 0.336 e. The number of urea groups is 1. The summed E-state index contributed by atoms with van der Waals surface area (Å²) in [6.45, 7) is 7.65. The van der Waals surface area contributed by atoms with Gasteiger partial charge in [0.05, 0.1) is 0 Å². The summed E-state index contributed by atoms with van der Waals surface area (Å²) in [5, 5.41) is 6.03. The molecule has 0 aromatic heterocycles. The average Bonchev–Trinajstić information content (AvgIpc) is 2.03. The van der Waals surface area contributed by atoms with Gasteiger partial charge in [0.2, 0.25) is 0 Å². The molecule has 13 heavy (non-hydrogen) atoms. The molecule has 0 spiro atoms. The Morgan fingerprint density at radius 2 is 2.15 bits per heavy atom. The number of likely N-dealkylation sites (N-methyl/N-ethyl adjacent to an activating group) is 1. The number of carbonyl (C=O) groups excluding carboxylic acids is 1. The maximum atomic E-state index is 11.5. The van der Waals surface area contributed by atoms with Crippen LogP contribution in [0.2, 0.25) is 0 Å². The molecular weight excluding hydrogens is 166 g/mol. The Morgan fingerprint density at radius 1 is 1.54 bits per heavy atom. The molecule has 1 heterocycles. The number of rotatable bonds is 1. The molecule has 1 atom stereocenters. The van der Waals surface area contributed by atoms with Crippen LogP contribution in [0.3, 0.4) is 0 Å². The van der Waals surface area contributed by atoms with Crippen molar-refractivity contribution >= 4 is 6.03 Å². The van der Waals surface area contributed by atoms with Gasteiger partial charge in [-0.05, 0) is 27.8 Å². The van der Waals surface area contributed by atoms with Gasteiger partial charge in [-0.1, -0.05) is 0 Å². The SMILES string of the molecule is CNC1CNC(=O)N(C(C)(C)C)C1. The standard InChI is InChI=1S/C9H19N3O/c1-9(2,3)12-6-7(10-4)5-11-8(12)13/h7,10H,5-6H2,1-4H3,(H,11,13). The van der Waals surface area contributed by atoms with Gasteiger partial charge in [-0.25, -0.2) is 4.79 Å². The summed E-state index contributed by atoms with van der Waals surface area (Å²) in [4.78, 5) is 13.3. The maximum Gasteiger partial charge on any atom is 0.317 e. The van der Waals surface area contributed by atoms with Crippen molar-refractivity contribution in [2.45, 2.75) is 32.4 Å². The molecule has 0 aromatic carbocycles. The van der Waals surface area contributed by atoms with Crippen LogP contribution in [0.25, 0.3) is 0 Å². The number of amides is 2. The lowest BCUT2D eigenvalue weighted by Crippen LogP contribution is -2.62. The second-order valence-corrected chi connectivity index (χ2v) is 4.45. The Morgan fingerprint density at radius 3 is 2.62 bits per heavy atom. The minimum atomic E-state index is -0.0976. The molecular formula is C9H19N3O. The van der Waals surface area contributed by atoms with Crippen molar-refractivity contribution in [1.82, 2.24) is 15.5 Å². The van der Waals surface area contributed by atoms with Gasteiger partial charge in [-0.3, -0.25) is 0 Å². The fourth-order valence-corrected chi connectivity index (χ4v) is 1.45. The van der Waals surface area contributed by atoms with E-state index >= 15 is 0 Å². The van der Waals surface area contributed by atoms with Gasteiger partial charge in [0.1, 0.15) is 0 Å². The second-order valence-electron chi connectivity index (χ2n) is 4.45. The fraction of sp³-hybridized carbons (Fsp3) is 0.889. The lowest BCUT2D eigenvalue weighted by atomic mass is 10.0. The van der Waals surface area contributed by atoms with Crippen molar-refractivity contribution in [3.63, 3.8) is 0 Å². The molecule has 0 radical (unpaired) electrons. The van der Waals surface area contributed by atoms with Crippen LogP contribution in [0.15, 0.2) is 0 Å². The zero-order valence-electron chi connectivity index (χ0n) is 8.85. The molecule has 1 aliphatic rings. The van der Waals surface area contributed by atoms with E-state index in [2.05, 4.69) is 10.6 Å². The van der Waals surface area contributed by atoms with E-state index < -0.39 is 0 Å². The van der Waals surface area contributed by atoms with Crippen LogP contribution in [-0.2, 0) is 0 Å². The summed E-state index contributed by atoms with van der Waals surface area (Å²) in [5.74, 6) is 0. The van der Waals surface area contributed by atoms with Gasteiger partial charge in [-0.2, -0.15) is 0 Å². The topological polar surface area (TPSA) is 44.4 Å². The van der Waals surface area contributed by atoms with Crippen LogP contribution in [-0.4, -0.2) is 42.6 Å². The smallest absolute Gasteiger partial charge is 0.317 e. The summed E-state index contributed by atoms with van der Waals surface area (Å²) < 4.78 is 0. The van der Waals surface area contributed by atoms with Crippen molar-refractivity contribution in [3.8, 4) is 0 Å². The highest BCUT2D eigenvalue weighted by molar-refractivity contribution is 5.76. The van der Waals surface area contributed by atoms with Gasteiger partial charge in [-0.15, -0.1) is 0 Å². The first kappa shape index (κ1) is 10.3. The predicted molar refractivity (Wildman–Crippen MR) is 52.7 cm³/mol. The Bertz CT molecular complexity index is 198. The van der Waals surface area contributed by atoms with E-state index in [1.54, 1.807) is 0 Å². The maximum absolute atomic E-state index is 11.5. The van der Waals surface area contributed by atoms with Crippen LogP contribution in [0.5, 0.6) is 0 Å². The second kappa shape index (κ2) is 3.54. The first-order chi connectivity index (χ1) is 5.95. The zero-order valence-corrected chi connectivity index (χ0v) is 8.85. The minimum Gasteiger partial charge on any atom is -0.336 e. The van der Waals surface area contributed by atoms with E-state index in [1.165, 1.54) is 0 Å². The molecule has 0 saturated carbocycles. The van der Waals surface area contributed by atoms with Crippen LogP contribution in [0.1, 0.15) is 20.8 Å². The molecule has 0 aliphatic carbocycles. The van der Waals surface area contributed by atoms with Gasteiger partial charge >= 0.3 is 6.03 Å². The first-order valence-corrected chi connectivity index (χ1v) is 4.68. The van der Waals surface area contributed by atoms with Gasteiger partial charge in [0.15, 0.2) is 0 Å². The van der Waals surface area contributed by atoms with Crippen molar-refractivity contribution in [1.29, 1.82) is 0 Å². The van der Waals surface area contributed by atoms with E-state index in [9.17, 15) is 4.79 Å². The number of nitrogens with one attached hydrogen (secondary N) is 2. The normalized spacial score (nSPS) is 24.5. The highest BCUT2D eigenvalue weighted by atomic mass is 16.2. The third kappa shape index (κ3) is 2.34. The molecule has 1 fully saturated rings. The van der Waals surface area contributed by atoms with E-state index in [4.69, 9.17) is 0 Å². The van der Waals surface area contributed by atoms with Crippen LogP contribution in [0, 0.1) is 0 Å². The average molecular weight is 185 g/mol. The molecule has 0 aromatic rings. The van der Waals surface area contributed by atoms with Crippen LogP contribution in [0.4, 0.5) is 4.79 Å². The first-order valence-electron chi connectivity index (χ1n) is 4.68. The molecule has 4 nitrogen and oxygen atoms in total. The van der Waals surface area contributed by atoms with Crippen molar-refractivity contribution in [3.05, 3.63) is 0 Å². The van der Waals surface area contributed by atoms with E-state index in [0.717, 1.165) is 13.1 Å². The van der Waals surface area contributed by atoms with Gasteiger partial charge in [0.25, 0.3) is 0 Å². The summed E-state index contributed by atoms with van der Waals surface area (Å²) in [6, 6.07) is 0.399. The van der Waals surface area contributed by atoms with Crippen LogP contribution < -0.4 is 10.6 Å². The van der Waals surface area contributed by atoms with E-state index in [1.807, 2.05) is 32.7 Å². The van der Waals surface area contributed by atoms with E-state index in [0.29, 0.717) is 6.04 Å². The Kier molecular flexibility index (Phi) is 2.81. The van der Waals surface area contributed by atoms with Crippen molar-refractivity contribution in [2.75, 3.05) is 20.1 Å². The molecule has 1 aliphatic heterocycles. The minimum absolute atomic E-state index is 0.0407. The number of hydrogen-bond acceptors (Lipinski definition) is 2. The molecule has 1 rings (SSSR count). The van der Waals surface area contributed by atoms with Gasteiger partial charge in [0, 0.05) is 24.7 Å². The van der Waals surface area contributed by atoms with Crippen molar-refractivity contribution < 1.29 is 4.79 Å². The van der Waals surface area contributed by atoms with Crippen molar-refractivity contribution in [2.24, 2.45) is 0 Å². The monoisotopic (exact) mass is 185 g/mol. The lowest BCUT2D eigenvalue weighted by Gasteiger charge is -2.41. The molecule has 1 saturated heterocycles. The number of carbonyl (C=O) groups is 1. The quantitative estimate of drug-likeness (QED) is 0.621. The molecule has 2 amide bonds. The molecule has 4 heteroatoms. The van der Waals surface area contributed by atoms with Crippen LogP contribution >= 0.6 is 0 Å². The Labute approximate surface area is 79.7 Å². The molecule has 2 N–H and O–H groups in total. The summed E-state index contributed by atoms with van der Waals surface area (Å²) >= 11 is 0. The highest BCUT2D eigenvalue weighted by Crippen LogP contribution is 2.15. The molecule has 76 valence electrons. The third-order valence-electron chi connectivity index (χ3n) is 2.37. The molecule has 1 unspecified atom stereocenters. The van der Waals surface area contributed by atoms with E-state index in [-0.39, 0.29) is 11.6 Å². The number of hydrogen-bond donors (Lipinski definition) is 2. The summed E-state index contributed by atoms with van der Waals surface area (Å²) in [7, 11) is 1.92. The summed E-state index contributed by atoms with van der Waals surface area (Å²) in [5.41, 5.74) is -0.0976. The fourth-order valence-electron chi connectivity index (χ4n) is 1.45. The number of nitrogens with zero attached hydrogens (tertiary/aromatic N) is 1. The summed E-state index contributed by atoms with van der Waals surface area (Å²) in [6.07, 6.45) is 0.